The zero-order valence-corrected chi connectivity index (χ0v) is 14.0. The lowest BCUT2D eigenvalue weighted by Gasteiger charge is -2.31. The summed E-state index contributed by atoms with van der Waals surface area (Å²) >= 11 is 0. The second-order valence-electron chi connectivity index (χ2n) is 6.36. The van der Waals surface area contributed by atoms with Gasteiger partial charge in [0.15, 0.2) is 8.32 Å². The van der Waals surface area contributed by atoms with E-state index in [9.17, 15) is 0 Å². The molecule has 0 aliphatic rings. The Kier molecular flexibility index (Phi) is 9.25. The van der Waals surface area contributed by atoms with Gasteiger partial charge in [0.05, 0.1) is 0 Å². The van der Waals surface area contributed by atoms with Crippen molar-refractivity contribution in [2.24, 2.45) is 11.8 Å². The van der Waals surface area contributed by atoms with Crippen LogP contribution in [0, 0.1) is 11.8 Å². The molecule has 0 radical (unpaired) electrons. The summed E-state index contributed by atoms with van der Waals surface area (Å²) in [6.45, 7) is 11.6. The van der Waals surface area contributed by atoms with Gasteiger partial charge in [-0.05, 0) is 30.0 Å². The SMILES string of the molecule is CCCC[Si](CCC(C)C)(CCC(C)C)OC. The molecule has 0 rings (SSSR count). The fourth-order valence-electron chi connectivity index (χ4n) is 2.28. The highest BCUT2D eigenvalue weighted by atomic mass is 28.4. The van der Waals surface area contributed by atoms with E-state index in [0.29, 0.717) is 0 Å². The Labute approximate surface area is 110 Å². The molecule has 17 heavy (non-hydrogen) atoms. The second kappa shape index (κ2) is 9.15. The molecule has 104 valence electrons. The van der Waals surface area contributed by atoms with E-state index >= 15 is 0 Å². The molecular weight excluding hydrogens is 224 g/mol. The third kappa shape index (κ3) is 7.99. The Morgan fingerprint density at radius 3 is 1.65 bits per heavy atom. The first kappa shape index (κ1) is 17.2. The Hall–Kier alpha value is 0.177. The quantitative estimate of drug-likeness (QED) is 0.472. The summed E-state index contributed by atoms with van der Waals surface area (Å²) in [5.74, 6) is 1.63. The van der Waals surface area contributed by atoms with Crippen molar-refractivity contribution in [3.63, 3.8) is 0 Å². The molecule has 0 aromatic rings. The smallest absolute Gasteiger partial charge is 0.192 e. The molecule has 0 spiro atoms. The van der Waals surface area contributed by atoms with Gasteiger partial charge in [0, 0.05) is 7.11 Å². The first-order valence-electron chi connectivity index (χ1n) is 7.51. The molecule has 0 amide bonds. The van der Waals surface area contributed by atoms with Crippen molar-refractivity contribution in [1.82, 2.24) is 0 Å². The number of hydrogen-bond acceptors (Lipinski definition) is 1. The predicted molar refractivity (Wildman–Crippen MR) is 81.0 cm³/mol. The molecule has 0 aromatic carbocycles. The molecule has 0 aliphatic carbocycles. The molecule has 0 aliphatic heterocycles. The molecular formula is C15H34OSi. The van der Waals surface area contributed by atoms with Crippen molar-refractivity contribution in [3.05, 3.63) is 0 Å². The lowest BCUT2D eigenvalue weighted by molar-refractivity contribution is 0.375. The molecule has 1 nitrogen and oxygen atoms in total. The van der Waals surface area contributed by atoms with E-state index in [0.717, 1.165) is 11.8 Å². The van der Waals surface area contributed by atoms with Crippen molar-refractivity contribution in [3.8, 4) is 0 Å². The third-order valence-corrected chi connectivity index (χ3v) is 8.30. The van der Waals surface area contributed by atoms with Crippen molar-refractivity contribution in [1.29, 1.82) is 0 Å². The van der Waals surface area contributed by atoms with Crippen LogP contribution in [-0.2, 0) is 4.43 Å². The van der Waals surface area contributed by atoms with E-state index in [1.807, 2.05) is 7.11 Å². The van der Waals surface area contributed by atoms with E-state index in [-0.39, 0.29) is 0 Å². The van der Waals surface area contributed by atoms with Gasteiger partial charge in [-0.25, -0.2) is 0 Å². The maximum atomic E-state index is 6.08. The van der Waals surface area contributed by atoms with Gasteiger partial charge in [0.25, 0.3) is 0 Å². The van der Waals surface area contributed by atoms with Gasteiger partial charge in [-0.3, -0.25) is 0 Å². The minimum Gasteiger partial charge on any atom is -0.420 e. The summed E-state index contributed by atoms with van der Waals surface area (Å²) in [7, 11) is 0.559. The Balaban J connectivity index is 4.38. The highest BCUT2D eigenvalue weighted by Crippen LogP contribution is 2.30. The molecule has 0 heterocycles. The van der Waals surface area contributed by atoms with Crippen LogP contribution >= 0.6 is 0 Å². The first-order chi connectivity index (χ1) is 7.95. The molecule has 0 fully saturated rings. The van der Waals surface area contributed by atoms with Crippen LogP contribution in [0.15, 0.2) is 0 Å². The fourth-order valence-corrected chi connectivity index (χ4v) is 6.85. The van der Waals surface area contributed by atoms with Gasteiger partial charge >= 0.3 is 0 Å². The monoisotopic (exact) mass is 258 g/mol. The van der Waals surface area contributed by atoms with E-state index in [1.165, 1.54) is 43.8 Å². The number of unbranched alkanes of at least 4 members (excludes halogenated alkanes) is 1. The Morgan fingerprint density at radius 2 is 1.35 bits per heavy atom. The lowest BCUT2D eigenvalue weighted by Crippen LogP contribution is -2.37. The second-order valence-corrected chi connectivity index (χ2v) is 10.6. The average molecular weight is 259 g/mol. The van der Waals surface area contributed by atoms with Crippen LogP contribution in [-0.4, -0.2) is 15.4 Å². The van der Waals surface area contributed by atoms with E-state index in [4.69, 9.17) is 4.43 Å². The maximum absolute atomic E-state index is 6.08. The summed E-state index contributed by atoms with van der Waals surface area (Å²) < 4.78 is 6.08. The summed E-state index contributed by atoms with van der Waals surface area (Å²) in [5.41, 5.74) is 0. The number of hydrogen-bond donors (Lipinski definition) is 0. The highest BCUT2D eigenvalue weighted by molar-refractivity contribution is 6.73. The molecule has 0 N–H and O–H groups in total. The van der Waals surface area contributed by atoms with Crippen molar-refractivity contribution >= 4 is 8.32 Å². The summed E-state index contributed by atoms with van der Waals surface area (Å²) in [5, 5.41) is 0. The van der Waals surface area contributed by atoms with Gasteiger partial charge < -0.3 is 4.43 Å². The first-order valence-corrected chi connectivity index (χ1v) is 10.0. The molecule has 0 bridgehead atoms. The van der Waals surface area contributed by atoms with Crippen molar-refractivity contribution in [2.45, 2.75) is 78.4 Å². The zero-order valence-electron chi connectivity index (χ0n) is 13.0. The van der Waals surface area contributed by atoms with Crippen LogP contribution in [0.2, 0.25) is 18.1 Å². The Bertz CT molecular complexity index is 166. The van der Waals surface area contributed by atoms with Crippen molar-refractivity contribution < 1.29 is 4.43 Å². The van der Waals surface area contributed by atoms with E-state index < -0.39 is 8.32 Å². The fraction of sp³-hybridized carbons (Fsp3) is 1.00. The summed E-state index contributed by atoms with van der Waals surface area (Å²) in [6.07, 6.45) is 5.36. The van der Waals surface area contributed by atoms with Gasteiger partial charge in [-0.15, -0.1) is 0 Å². The van der Waals surface area contributed by atoms with Gasteiger partial charge in [-0.2, -0.15) is 0 Å². The normalized spacial score (nSPS) is 12.7. The molecule has 0 aromatic heterocycles. The van der Waals surface area contributed by atoms with Gasteiger partial charge in [0.2, 0.25) is 0 Å². The zero-order chi connectivity index (χ0) is 13.3. The van der Waals surface area contributed by atoms with Crippen LogP contribution in [0.3, 0.4) is 0 Å². The van der Waals surface area contributed by atoms with Crippen molar-refractivity contribution in [2.75, 3.05) is 7.11 Å². The molecule has 0 atom stereocenters. The molecule has 2 heteroatoms. The summed E-state index contributed by atoms with van der Waals surface area (Å²) in [4.78, 5) is 0. The molecule has 0 unspecified atom stereocenters. The standard InChI is InChI=1S/C15H34OSi/c1-7-8-11-17(16-6,12-9-14(2)3)13-10-15(4)5/h14-15H,7-13H2,1-6H3. The third-order valence-electron chi connectivity index (χ3n) is 3.77. The number of rotatable bonds is 10. The van der Waals surface area contributed by atoms with E-state index in [2.05, 4.69) is 34.6 Å². The van der Waals surface area contributed by atoms with Gasteiger partial charge in [0.1, 0.15) is 0 Å². The minimum atomic E-state index is -1.42. The lowest BCUT2D eigenvalue weighted by atomic mass is 10.2. The van der Waals surface area contributed by atoms with Crippen LogP contribution in [0.25, 0.3) is 0 Å². The van der Waals surface area contributed by atoms with Crippen LogP contribution in [0.4, 0.5) is 0 Å². The van der Waals surface area contributed by atoms with Crippen LogP contribution in [0.5, 0.6) is 0 Å². The van der Waals surface area contributed by atoms with Gasteiger partial charge in [-0.1, -0.05) is 60.3 Å². The largest absolute Gasteiger partial charge is 0.420 e. The topological polar surface area (TPSA) is 9.23 Å². The van der Waals surface area contributed by atoms with Crippen LogP contribution < -0.4 is 0 Å². The predicted octanol–water partition coefficient (Wildman–Crippen LogP) is 5.47. The Morgan fingerprint density at radius 1 is 0.882 bits per heavy atom. The molecule has 0 saturated carbocycles. The molecule has 0 saturated heterocycles. The minimum absolute atomic E-state index is 0.817. The van der Waals surface area contributed by atoms with Crippen LogP contribution in [0.1, 0.15) is 60.3 Å². The highest BCUT2D eigenvalue weighted by Gasteiger charge is 2.32. The summed E-state index contributed by atoms with van der Waals surface area (Å²) in [6, 6.07) is 4.11. The van der Waals surface area contributed by atoms with E-state index in [1.54, 1.807) is 0 Å². The maximum Gasteiger partial charge on any atom is 0.192 e. The average Bonchev–Trinajstić information content (AvgIpc) is 2.28.